The maximum Gasteiger partial charge on any atom is 0.284 e. The van der Waals surface area contributed by atoms with Crippen molar-refractivity contribution in [1.82, 2.24) is 5.01 Å². The number of ether oxygens (including phenoxy) is 1. The molecule has 2 aliphatic heterocycles. The molecule has 164 valence electrons. The second-order valence-corrected chi connectivity index (χ2v) is 8.49. The summed E-state index contributed by atoms with van der Waals surface area (Å²) < 4.78 is 10.8. The van der Waals surface area contributed by atoms with Crippen molar-refractivity contribution in [2.45, 2.75) is 20.3 Å². The zero-order valence-corrected chi connectivity index (χ0v) is 18.3. The number of rotatable bonds is 6. The molecular weight excluding hydrogens is 434 g/mol. The van der Waals surface area contributed by atoms with E-state index < -0.39 is 10.8 Å². The van der Waals surface area contributed by atoms with Gasteiger partial charge in [-0.1, -0.05) is 13.8 Å². The predicted octanol–water partition coefficient (Wildman–Crippen LogP) is 4.53. The fourth-order valence-electron chi connectivity index (χ4n) is 3.18. The maximum atomic E-state index is 12.5. The van der Waals surface area contributed by atoms with E-state index in [2.05, 4.69) is 23.9 Å². The van der Waals surface area contributed by atoms with Gasteiger partial charge in [0.1, 0.15) is 22.3 Å². The summed E-state index contributed by atoms with van der Waals surface area (Å²) in [4.78, 5) is 27.5. The van der Waals surface area contributed by atoms with Gasteiger partial charge in [-0.15, -0.1) is 0 Å². The minimum absolute atomic E-state index is 0.0222. The number of hydrazone groups is 1. The molecule has 1 amide bonds. The van der Waals surface area contributed by atoms with Crippen LogP contribution in [0, 0.1) is 21.4 Å². The minimum Gasteiger partial charge on any atom is -0.497 e. The number of furan rings is 1. The van der Waals surface area contributed by atoms with Gasteiger partial charge in [-0.25, -0.2) is 0 Å². The first-order valence-electron chi connectivity index (χ1n) is 9.68. The van der Waals surface area contributed by atoms with Crippen LogP contribution in [-0.2, 0) is 4.79 Å². The first-order chi connectivity index (χ1) is 15.3. The van der Waals surface area contributed by atoms with Crippen LogP contribution in [-0.4, -0.2) is 39.0 Å². The quantitative estimate of drug-likeness (QED) is 0.386. The Morgan fingerprint density at radius 2 is 2.12 bits per heavy atom. The number of carbonyl (C=O) groups excluding carboxylic acids is 1. The van der Waals surface area contributed by atoms with E-state index in [0.29, 0.717) is 16.8 Å². The van der Waals surface area contributed by atoms with Crippen LogP contribution in [0.3, 0.4) is 0 Å². The lowest BCUT2D eigenvalue weighted by molar-refractivity contribution is -0.384. The number of amidine groups is 2. The van der Waals surface area contributed by atoms with E-state index in [0.717, 1.165) is 11.5 Å². The van der Waals surface area contributed by atoms with Crippen molar-refractivity contribution in [3.63, 3.8) is 0 Å². The van der Waals surface area contributed by atoms with Crippen molar-refractivity contribution in [2.24, 2.45) is 16.0 Å². The van der Waals surface area contributed by atoms with Crippen molar-refractivity contribution in [3.8, 4) is 17.1 Å². The van der Waals surface area contributed by atoms with Crippen molar-refractivity contribution in [3.05, 3.63) is 51.8 Å². The number of nitro groups is 1. The summed E-state index contributed by atoms with van der Waals surface area (Å²) in [5.41, 5.74) is 0.119. The van der Waals surface area contributed by atoms with Gasteiger partial charge in [0.2, 0.25) is 5.17 Å². The molecule has 0 aliphatic carbocycles. The van der Waals surface area contributed by atoms with Crippen LogP contribution in [0.1, 0.15) is 26.0 Å². The molecule has 0 saturated heterocycles. The average Bonchev–Trinajstić information content (AvgIpc) is 3.37. The summed E-state index contributed by atoms with van der Waals surface area (Å²) in [5, 5.41) is 26.8. The number of methoxy groups -OCH3 is 1. The van der Waals surface area contributed by atoms with Crippen molar-refractivity contribution in [2.75, 3.05) is 7.11 Å². The topological polar surface area (TPSA) is 134 Å². The Kier molecular flexibility index (Phi) is 5.66. The Morgan fingerprint density at radius 3 is 2.81 bits per heavy atom. The van der Waals surface area contributed by atoms with Gasteiger partial charge in [0, 0.05) is 6.42 Å². The Balaban J connectivity index is 1.64. The number of benzene rings is 1. The monoisotopic (exact) mass is 453 g/mol. The molecule has 4 rings (SSSR count). The number of fused-ring (bicyclic) bond motifs is 1. The molecule has 0 unspecified atom stereocenters. The standard InChI is InChI=1S/C21H19N5O5S/c1-11(2)8-18-24-25-19(22)15(20(27)23-21(25)32-18)9-13-5-7-17(31-13)14-6-4-12(30-3)10-16(14)26(28)29/h4-7,9-11,22H,8H2,1-3H3/b15-9+,22-19?. The molecule has 2 aromatic rings. The van der Waals surface area contributed by atoms with Crippen molar-refractivity contribution >= 4 is 45.5 Å². The van der Waals surface area contributed by atoms with E-state index in [1.807, 2.05) is 0 Å². The fourth-order valence-corrected chi connectivity index (χ4v) is 4.28. The molecule has 0 fully saturated rings. The van der Waals surface area contributed by atoms with Gasteiger partial charge < -0.3 is 9.15 Å². The summed E-state index contributed by atoms with van der Waals surface area (Å²) in [6, 6.07) is 7.57. The molecular formula is C21H19N5O5S. The largest absolute Gasteiger partial charge is 0.497 e. The van der Waals surface area contributed by atoms with Crippen LogP contribution in [0.5, 0.6) is 5.75 Å². The maximum absolute atomic E-state index is 12.5. The summed E-state index contributed by atoms with van der Waals surface area (Å²) >= 11 is 1.29. The van der Waals surface area contributed by atoms with Crippen molar-refractivity contribution in [1.29, 1.82) is 5.41 Å². The van der Waals surface area contributed by atoms with Crippen LogP contribution in [0.15, 0.2) is 50.4 Å². The molecule has 1 aromatic heterocycles. The van der Waals surface area contributed by atoms with Gasteiger partial charge >= 0.3 is 0 Å². The Morgan fingerprint density at radius 1 is 1.34 bits per heavy atom. The fraction of sp³-hybridized carbons (Fsp3) is 0.238. The zero-order chi connectivity index (χ0) is 23.0. The third kappa shape index (κ3) is 4.06. The van der Waals surface area contributed by atoms with Gasteiger partial charge in [0.05, 0.1) is 29.2 Å². The number of thioether (sulfide) groups is 1. The molecule has 0 bridgehead atoms. The molecule has 11 heteroatoms. The van der Waals surface area contributed by atoms with E-state index in [1.165, 1.54) is 42.1 Å². The molecule has 0 radical (unpaired) electrons. The number of nitro benzene ring substituents is 1. The number of hydrogen-bond acceptors (Lipinski definition) is 8. The van der Waals surface area contributed by atoms with Crippen LogP contribution in [0.4, 0.5) is 5.69 Å². The Bertz CT molecular complexity index is 1230. The number of carbonyl (C=O) groups is 1. The third-order valence-corrected chi connectivity index (χ3v) is 5.59. The number of nitrogens with one attached hydrogen (secondary N) is 1. The molecule has 0 atom stereocenters. The van der Waals surface area contributed by atoms with Crippen LogP contribution in [0.25, 0.3) is 17.4 Å². The number of aliphatic imine (C=N–C) groups is 1. The number of hydrogen-bond donors (Lipinski definition) is 1. The lowest BCUT2D eigenvalue weighted by Gasteiger charge is -2.19. The second kappa shape index (κ2) is 8.42. The second-order valence-electron chi connectivity index (χ2n) is 7.45. The third-order valence-electron chi connectivity index (χ3n) is 4.66. The van der Waals surface area contributed by atoms with E-state index >= 15 is 0 Å². The number of nitrogens with zero attached hydrogens (tertiary/aromatic N) is 4. The highest BCUT2D eigenvalue weighted by atomic mass is 32.2. The van der Waals surface area contributed by atoms with E-state index in [4.69, 9.17) is 14.6 Å². The highest BCUT2D eigenvalue weighted by molar-refractivity contribution is 8.26. The van der Waals surface area contributed by atoms with Gasteiger partial charge in [0.25, 0.3) is 11.6 Å². The van der Waals surface area contributed by atoms with Crippen LogP contribution >= 0.6 is 11.8 Å². The van der Waals surface area contributed by atoms with Gasteiger partial charge in [-0.3, -0.25) is 20.3 Å². The van der Waals surface area contributed by atoms with E-state index in [9.17, 15) is 14.9 Å². The molecule has 1 N–H and O–H groups in total. The smallest absolute Gasteiger partial charge is 0.284 e. The Hall–Kier alpha value is -3.73. The highest BCUT2D eigenvalue weighted by Gasteiger charge is 2.35. The molecule has 1 aromatic carbocycles. The summed E-state index contributed by atoms with van der Waals surface area (Å²) in [5.74, 6) is 0.578. The summed E-state index contributed by atoms with van der Waals surface area (Å²) in [6.45, 7) is 4.12. The first kappa shape index (κ1) is 21.5. The molecule has 0 spiro atoms. The van der Waals surface area contributed by atoms with E-state index in [1.54, 1.807) is 18.2 Å². The summed E-state index contributed by atoms with van der Waals surface area (Å²) in [7, 11) is 1.43. The summed E-state index contributed by atoms with van der Waals surface area (Å²) in [6.07, 6.45) is 2.12. The lowest BCUT2D eigenvalue weighted by Crippen LogP contribution is -2.35. The molecule has 2 aliphatic rings. The highest BCUT2D eigenvalue weighted by Crippen LogP contribution is 2.35. The van der Waals surface area contributed by atoms with Gasteiger partial charge in [-0.2, -0.15) is 15.1 Å². The SMILES string of the molecule is COc1ccc(-c2ccc(/C=C3\C(=N)N4N=C(CC(C)C)SC4=NC3=O)o2)c([N+](=O)[O-])c1. The minimum atomic E-state index is -0.567. The normalized spacial score (nSPS) is 17.0. The van der Waals surface area contributed by atoms with E-state index in [-0.39, 0.29) is 34.2 Å². The van der Waals surface area contributed by atoms with Crippen LogP contribution < -0.4 is 4.74 Å². The Labute approximate surface area is 187 Å². The van der Waals surface area contributed by atoms with Gasteiger partial charge in [-0.05, 0) is 48.0 Å². The first-order valence-corrected chi connectivity index (χ1v) is 10.5. The van der Waals surface area contributed by atoms with Crippen LogP contribution in [0.2, 0.25) is 0 Å². The molecule has 32 heavy (non-hydrogen) atoms. The van der Waals surface area contributed by atoms with Crippen molar-refractivity contribution < 1.29 is 18.9 Å². The molecule has 0 saturated carbocycles. The lowest BCUT2D eigenvalue weighted by atomic mass is 10.1. The predicted molar refractivity (Wildman–Crippen MR) is 122 cm³/mol. The number of amides is 1. The zero-order valence-electron chi connectivity index (χ0n) is 17.5. The van der Waals surface area contributed by atoms with Gasteiger partial charge in [0.15, 0.2) is 5.84 Å². The average molecular weight is 453 g/mol. The molecule has 3 heterocycles. The molecule has 10 nitrogen and oxygen atoms in total.